The van der Waals surface area contributed by atoms with Crippen molar-refractivity contribution in [1.82, 2.24) is 15.6 Å². The van der Waals surface area contributed by atoms with Crippen LogP contribution < -0.4 is 10.6 Å². The molecule has 2 rings (SSSR count). The number of aromatic nitrogens is 1. The molecule has 1 saturated carbocycles. The summed E-state index contributed by atoms with van der Waals surface area (Å²) in [4.78, 5) is 9.92. The first kappa shape index (κ1) is 19.0. The van der Waals surface area contributed by atoms with E-state index in [1.807, 2.05) is 13.2 Å². The first-order chi connectivity index (χ1) is 9.71. The minimum absolute atomic E-state index is 0. The van der Waals surface area contributed by atoms with E-state index in [9.17, 15) is 0 Å². The van der Waals surface area contributed by atoms with Crippen molar-refractivity contribution in [2.45, 2.75) is 50.9 Å². The molecule has 0 amide bonds. The fraction of sp³-hybridized carbons (Fsp3) is 0.714. The van der Waals surface area contributed by atoms with Crippen LogP contribution in [0, 0.1) is 6.92 Å². The molecule has 21 heavy (non-hydrogen) atoms. The molecule has 0 saturated heterocycles. The Morgan fingerprint density at radius 3 is 2.95 bits per heavy atom. The standard InChI is InChI=1S/C14H24N4S2.HI/c1-4-19-12-6-5-11(7-12)18-14(15-3)17-9-13-16-8-10(2)20-13;/h8,11-12H,4-7,9H2,1-3H3,(H2,15,17,18);1H. The van der Waals surface area contributed by atoms with E-state index >= 15 is 0 Å². The van der Waals surface area contributed by atoms with Gasteiger partial charge in [-0.15, -0.1) is 35.3 Å². The maximum Gasteiger partial charge on any atom is 0.191 e. The second-order valence-corrected chi connectivity index (χ2v) is 7.92. The van der Waals surface area contributed by atoms with Gasteiger partial charge >= 0.3 is 0 Å². The first-order valence-electron chi connectivity index (χ1n) is 7.21. The van der Waals surface area contributed by atoms with Crippen LogP contribution >= 0.6 is 47.1 Å². The van der Waals surface area contributed by atoms with E-state index in [2.05, 4.69) is 46.2 Å². The third kappa shape index (κ3) is 6.32. The smallest absolute Gasteiger partial charge is 0.191 e. The van der Waals surface area contributed by atoms with Crippen molar-refractivity contribution in [3.05, 3.63) is 16.1 Å². The lowest BCUT2D eigenvalue weighted by molar-refractivity contribution is 0.614. The van der Waals surface area contributed by atoms with E-state index in [1.165, 1.54) is 29.9 Å². The maximum absolute atomic E-state index is 4.36. The topological polar surface area (TPSA) is 49.3 Å². The Hall–Kier alpha value is -0.0200. The van der Waals surface area contributed by atoms with Gasteiger partial charge in [-0.05, 0) is 31.9 Å². The molecule has 7 heteroatoms. The largest absolute Gasteiger partial charge is 0.354 e. The Morgan fingerprint density at radius 2 is 2.33 bits per heavy atom. The molecule has 1 aliphatic carbocycles. The highest BCUT2D eigenvalue weighted by atomic mass is 127. The molecule has 120 valence electrons. The van der Waals surface area contributed by atoms with Crippen molar-refractivity contribution in [1.29, 1.82) is 0 Å². The summed E-state index contributed by atoms with van der Waals surface area (Å²) in [7, 11) is 1.83. The number of hydrogen-bond acceptors (Lipinski definition) is 4. The molecule has 2 unspecified atom stereocenters. The average molecular weight is 440 g/mol. The Balaban J connectivity index is 0.00000220. The zero-order valence-corrected chi connectivity index (χ0v) is 16.9. The zero-order chi connectivity index (χ0) is 14.4. The van der Waals surface area contributed by atoms with E-state index in [0.29, 0.717) is 6.04 Å². The van der Waals surface area contributed by atoms with Gasteiger partial charge in [-0.1, -0.05) is 6.92 Å². The van der Waals surface area contributed by atoms with Crippen molar-refractivity contribution in [2.24, 2.45) is 4.99 Å². The van der Waals surface area contributed by atoms with Crippen molar-refractivity contribution in [3.63, 3.8) is 0 Å². The fourth-order valence-electron chi connectivity index (χ4n) is 2.49. The van der Waals surface area contributed by atoms with Gasteiger partial charge < -0.3 is 10.6 Å². The van der Waals surface area contributed by atoms with Crippen LogP contribution in [0.2, 0.25) is 0 Å². The van der Waals surface area contributed by atoms with E-state index < -0.39 is 0 Å². The molecule has 1 aliphatic rings. The van der Waals surface area contributed by atoms with Crippen LogP contribution in [0.5, 0.6) is 0 Å². The number of hydrogen-bond donors (Lipinski definition) is 2. The number of aryl methyl sites for hydroxylation is 1. The van der Waals surface area contributed by atoms with Gasteiger partial charge in [0.2, 0.25) is 0 Å². The predicted octanol–water partition coefficient (Wildman–Crippen LogP) is 3.41. The molecular formula is C14H25IN4S2. The lowest BCUT2D eigenvalue weighted by Crippen LogP contribution is -2.42. The third-order valence-corrected chi connectivity index (χ3v) is 5.57. The quantitative estimate of drug-likeness (QED) is 0.419. The lowest BCUT2D eigenvalue weighted by Gasteiger charge is -2.17. The fourth-order valence-corrected chi connectivity index (χ4v) is 4.36. The minimum atomic E-state index is 0. The molecule has 2 N–H and O–H groups in total. The molecule has 0 spiro atoms. The SMILES string of the molecule is CCSC1CCC(NC(=NC)NCc2ncc(C)s2)C1.I. The molecular weight excluding hydrogens is 415 g/mol. The van der Waals surface area contributed by atoms with Crippen molar-refractivity contribution < 1.29 is 0 Å². The number of nitrogens with zero attached hydrogens (tertiary/aromatic N) is 2. The van der Waals surface area contributed by atoms with Crippen LogP contribution in [0.4, 0.5) is 0 Å². The summed E-state index contributed by atoms with van der Waals surface area (Å²) in [5, 5.41) is 8.81. The van der Waals surface area contributed by atoms with Crippen LogP contribution in [0.15, 0.2) is 11.2 Å². The number of aliphatic imine (C=N–C) groups is 1. The lowest BCUT2D eigenvalue weighted by atomic mass is 10.2. The highest BCUT2D eigenvalue weighted by Crippen LogP contribution is 2.29. The van der Waals surface area contributed by atoms with Gasteiger partial charge in [-0.25, -0.2) is 4.98 Å². The maximum atomic E-state index is 4.36. The van der Waals surface area contributed by atoms with Crippen LogP contribution in [-0.4, -0.2) is 35.0 Å². The van der Waals surface area contributed by atoms with Gasteiger partial charge in [0.1, 0.15) is 5.01 Å². The molecule has 1 fully saturated rings. The van der Waals surface area contributed by atoms with Gasteiger partial charge in [-0.2, -0.15) is 11.8 Å². The van der Waals surface area contributed by atoms with Crippen LogP contribution in [0.3, 0.4) is 0 Å². The summed E-state index contributed by atoms with van der Waals surface area (Å²) < 4.78 is 0. The van der Waals surface area contributed by atoms with Crippen molar-refractivity contribution >= 4 is 53.0 Å². The summed E-state index contributed by atoms with van der Waals surface area (Å²) in [5.41, 5.74) is 0. The summed E-state index contributed by atoms with van der Waals surface area (Å²) in [6.07, 6.45) is 5.73. The van der Waals surface area contributed by atoms with Crippen LogP contribution in [-0.2, 0) is 6.54 Å². The van der Waals surface area contributed by atoms with E-state index in [-0.39, 0.29) is 24.0 Å². The second kappa shape index (κ2) is 9.89. The van der Waals surface area contributed by atoms with Crippen LogP contribution in [0.1, 0.15) is 36.1 Å². The number of rotatable bonds is 5. The summed E-state index contributed by atoms with van der Waals surface area (Å²) in [6.45, 7) is 5.07. The number of guanidine groups is 1. The molecule has 4 nitrogen and oxygen atoms in total. The Labute approximate surface area is 153 Å². The molecule has 0 aromatic carbocycles. The Morgan fingerprint density at radius 1 is 1.52 bits per heavy atom. The summed E-state index contributed by atoms with van der Waals surface area (Å²) in [5.74, 6) is 2.11. The molecule has 1 aromatic heterocycles. The first-order valence-corrected chi connectivity index (χ1v) is 9.08. The molecule has 2 atom stereocenters. The molecule has 1 heterocycles. The van der Waals surface area contributed by atoms with Gasteiger partial charge in [0, 0.05) is 29.4 Å². The number of nitrogens with one attached hydrogen (secondary N) is 2. The molecule has 0 aliphatic heterocycles. The highest BCUT2D eigenvalue weighted by molar-refractivity contribution is 14.0. The summed E-state index contributed by atoms with van der Waals surface area (Å²) >= 11 is 3.81. The van der Waals surface area contributed by atoms with Crippen molar-refractivity contribution in [2.75, 3.05) is 12.8 Å². The molecule has 0 radical (unpaired) electrons. The van der Waals surface area contributed by atoms with Gasteiger partial charge in [0.05, 0.1) is 6.54 Å². The monoisotopic (exact) mass is 440 g/mol. The van der Waals surface area contributed by atoms with Gasteiger partial charge in [0.15, 0.2) is 5.96 Å². The average Bonchev–Trinajstić information content (AvgIpc) is 3.04. The van der Waals surface area contributed by atoms with E-state index in [4.69, 9.17) is 0 Å². The number of thiazole rings is 1. The molecule has 0 bridgehead atoms. The summed E-state index contributed by atoms with van der Waals surface area (Å²) in [6, 6.07) is 0.559. The normalized spacial score (nSPS) is 22.0. The predicted molar refractivity (Wildman–Crippen MR) is 105 cm³/mol. The van der Waals surface area contributed by atoms with Crippen LogP contribution in [0.25, 0.3) is 0 Å². The Bertz CT molecular complexity index is 450. The van der Waals surface area contributed by atoms with Gasteiger partial charge in [0.25, 0.3) is 0 Å². The minimum Gasteiger partial charge on any atom is -0.354 e. The Kier molecular flexibility index (Phi) is 8.96. The molecule has 1 aromatic rings. The van der Waals surface area contributed by atoms with Crippen molar-refractivity contribution in [3.8, 4) is 0 Å². The zero-order valence-electron chi connectivity index (χ0n) is 12.9. The number of halogens is 1. The second-order valence-electron chi connectivity index (χ2n) is 5.02. The highest BCUT2D eigenvalue weighted by Gasteiger charge is 2.25. The third-order valence-electron chi connectivity index (χ3n) is 3.43. The van der Waals surface area contributed by atoms with E-state index in [0.717, 1.165) is 22.8 Å². The van der Waals surface area contributed by atoms with Gasteiger partial charge in [-0.3, -0.25) is 4.99 Å². The van der Waals surface area contributed by atoms with E-state index in [1.54, 1.807) is 11.3 Å². The number of thioether (sulfide) groups is 1.